The molecular formula is C69H69N3O. The molecule has 0 atom stereocenters. The van der Waals surface area contributed by atoms with E-state index in [4.69, 9.17) is 4.42 Å². The lowest BCUT2D eigenvalue weighted by atomic mass is 9.84. The molecule has 12 rings (SSSR count). The highest BCUT2D eigenvalue weighted by atomic mass is 16.3. The van der Waals surface area contributed by atoms with E-state index in [2.05, 4.69) is 275 Å². The van der Waals surface area contributed by atoms with Crippen LogP contribution >= 0.6 is 0 Å². The fourth-order valence-electron chi connectivity index (χ4n) is 11.9. The summed E-state index contributed by atoms with van der Waals surface area (Å²) in [4.78, 5) is 4.81. The third-order valence-corrected chi connectivity index (χ3v) is 16.1. The Bertz CT molecular complexity index is 3810. The Labute approximate surface area is 432 Å². The van der Waals surface area contributed by atoms with E-state index in [9.17, 15) is 0 Å². The molecule has 0 radical (unpaired) electrons. The molecule has 0 saturated carbocycles. The molecule has 0 amide bonds. The molecule has 0 fully saturated rings. The van der Waals surface area contributed by atoms with Gasteiger partial charge in [-0.25, -0.2) is 0 Å². The van der Waals surface area contributed by atoms with Crippen molar-refractivity contribution in [1.29, 1.82) is 0 Å². The molecule has 0 unspecified atom stereocenters. The van der Waals surface area contributed by atoms with Crippen LogP contribution in [0.5, 0.6) is 0 Å². The Balaban J connectivity index is 1.05. The summed E-state index contributed by atoms with van der Waals surface area (Å²) in [5.74, 6) is 0. The minimum absolute atomic E-state index is 0.0491. The molecule has 3 heterocycles. The van der Waals surface area contributed by atoms with Gasteiger partial charge in [0.1, 0.15) is 5.58 Å². The lowest BCUT2D eigenvalue weighted by molar-refractivity contribution is 0.590. The molecule has 4 nitrogen and oxygen atoms in total. The van der Waals surface area contributed by atoms with Crippen molar-refractivity contribution >= 4 is 83.3 Å². The largest absolute Gasteiger partial charge is 0.439 e. The first-order valence-electron chi connectivity index (χ1n) is 26.3. The van der Waals surface area contributed by atoms with Gasteiger partial charge in [0.2, 0.25) is 5.71 Å². The van der Waals surface area contributed by atoms with Gasteiger partial charge in [0.05, 0.1) is 10.9 Å². The van der Waals surface area contributed by atoms with Gasteiger partial charge in [-0.05, 0) is 145 Å². The zero-order valence-electron chi connectivity index (χ0n) is 45.3. The van der Waals surface area contributed by atoms with Crippen LogP contribution in [0.4, 0.5) is 34.1 Å². The second kappa shape index (κ2) is 15.8. The minimum Gasteiger partial charge on any atom is -0.439 e. The number of furan rings is 1. The quantitative estimate of drug-likeness (QED) is 0.166. The van der Waals surface area contributed by atoms with Crippen molar-refractivity contribution in [3.05, 3.63) is 197 Å². The summed E-state index contributed by atoms with van der Waals surface area (Å²) < 4.78 is 9.85. The molecule has 11 aromatic rings. The van der Waals surface area contributed by atoms with Crippen LogP contribution in [0.1, 0.15) is 130 Å². The number of fused-ring (bicyclic) bond motifs is 12. The van der Waals surface area contributed by atoms with Gasteiger partial charge in [-0.15, -0.1) is 0 Å². The van der Waals surface area contributed by atoms with Gasteiger partial charge in [-0.2, -0.15) is 0 Å². The number of nitrogens with zero attached hydrogens (tertiary/aromatic N) is 3. The fraction of sp³-hybridized carbons (Fsp3) is 0.275. The summed E-state index contributed by atoms with van der Waals surface area (Å²) in [7, 11) is 0. The highest BCUT2D eigenvalue weighted by molar-refractivity contribution is 6.31. The van der Waals surface area contributed by atoms with Crippen LogP contribution < -0.4 is 9.80 Å². The predicted octanol–water partition coefficient (Wildman–Crippen LogP) is 20.0. The lowest BCUT2D eigenvalue weighted by Crippen LogP contribution is -2.19. The van der Waals surface area contributed by atoms with E-state index in [1.807, 2.05) is 0 Å². The predicted molar refractivity (Wildman–Crippen MR) is 313 cm³/mol. The highest BCUT2D eigenvalue weighted by Gasteiger charge is 2.43. The molecule has 0 N–H and O–H groups in total. The highest BCUT2D eigenvalue weighted by Crippen LogP contribution is 2.58. The summed E-state index contributed by atoms with van der Waals surface area (Å²) in [6.45, 7) is 32.2. The van der Waals surface area contributed by atoms with Gasteiger partial charge in [0.15, 0.2) is 0 Å². The Morgan fingerprint density at radius 3 is 1.30 bits per heavy atom. The van der Waals surface area contributed by atoms with Crippen molar-refractivity contribution in [3.8, 4) is 11.1 Å². The maximum atomic E-state index is 7.35. The van der Waals surface area contributed by atoms with Gasteiger partial charge in [0.25, 0.3) is 0 Å². The van der Waals surface area contributed by atoms with Crippen LogP contribution in [0.3, 0.4) is 0 Å². The number of hydrogen-bond acceptors (Lipinski definition) is 3. The topological polar surface area (TPSA) is 24.0 Å². The Kier molecular flexibility index (Phi) is 10.2. The second-order valence-electron chi connectivity index (χ2n) is 25.6. The third kappa shape index (κ3) is 7.38. The van der Waals surface area contributed by atoms with Gasteiger partial charge in [0, 0.05) is 73.0 Å². The maximum Gasteiger partial charge on any atom is 0.213 e. The van der Waals surface area contributed by atoms with Crippen molar-refractivity contribution in [2.24, 2.45) is 0 Å². The number of aromatic nitrogens is 1. The molecule has 0 bridgehead atoms. The van der Waals surface area contributed by atoms with Crippen LogP contribution in [0.2, 0.25) is 0 Å². The number of benzene rings is 8. The normalized spacial score (nSPS) is 14.0. The first-order chi connectivity index (χ1) is 34.5. The number of hydrogen-bond donors (Lipinski definition) is 0. The molecular weight excluding hydrogens is 887 g/mol. The standard InChI is InChI=1S/C69H69N3O/c1-65(2,3)43-19-27-47(28-20-43)70(48-29-21-44(22-30-48)66(4,5)6)51-35-37-54-57(40-51)69(13,14)63-61(54)60-53-18-16-15-17-42(53)39-56-59-55-38-36-52(41-58(55)73-64(59)72(63)62(56)60)71(49-31-23-45(24-32-49)67(7,8)9)50-33-25-46(26-34-50)68(10,11)12/h15-41H,1-14H3. The van der Waals surface area contributed by atoms with Crippen LogP contribution in [0, 0.1) is 0 Å². The monoisotopic (exact) mass is 956 g/mol. The van der Waals surface area contributed by atoms with Crippen molar-refractivity contribution in [1.82, 2.24) is 4.40 Å². The summed E-state index contributed by atoms with van der Waals surface area (Å²) in [6, 6.07) is 61.9. The minimum atomic E-state index is -0.378. The van der Waals surface area contributed by atoms with E-state index >= 15 is 0 Å². The van der Waals surface area contributed by atoms with Gasteiger partial charge >= 0.3 is 0 Å². The van der Waals surface area contributed by atoms with E-state index in [0.717, 1.165) is 50.8 Å². The molecule has 0 spiro atoms. The summed E-state index contributed by atoms with van der Waals surface area (Å²) in [6.07, 6.45) is 0. The van der Waals surface area contributed by atoms with E-state index < -0.39 is 0 Å². The number of rotatable bonds is 6. The lowest BCUT2D eigenvalue weighted by Gasteiger charge is -2.29. The van der Waals surface area contributed by atoms with Crippen LogP contribution in [0.15, 0.2) is 168 Å². The zero-order chi connectivity index (χ0) is 51.3. The Morgan fingerprint density at radius 1 is 0.411 bits per heavy atom. The zero-order valence-corrected chi connectivity index (χ0v) is 45.3. The SMILES string of the molecule is CC(C)(C)c1ccc(N(c2ccc(C(C)(C)C)cc2)c2ccc3c(c2)C(C)(C)c2c-3c3c4ccccc4cc4c5c6ccc(N(c7ccc(C(C)(C)C)cc7)c7ccc(C(C)(C)C)cc7)cc6oc5n2c43)cc1. The summed E-state index contributed by atoms with van der Waals surface area (Å²) >= 11 is 0. The van der Waals surface area contributed by atoms with Crippen molar-refractivity contribution in [2.75, 3.05) is 9.80 Å². The van der Waals surface area contributed by atoms with E-state index in [1.165, 1.54) is 77.1 Å². The number of anilines is 6. The first-order valence-corrected chi connectivity index (χ1v) is 26.3. The molecule has 0 saturated heterocycles. The molecule has 4 heteroatoms. The van der Waals surface area contributed by atoms with Crippen LogP contribution in [-0.2, 0) is 27.1 Å². The molecule has 8 aromatic carbocycles. The maximum absolute atomic E-state index is 7.35. The van der Waals surface area contributed by atoms with E-state index in [1.54, 1.807) is 0 Å². The first kappa shape index (κ1) is 46.8. The van der Waals surface area contributed by atoms with Crippen LogP contribution in [0.25, 0.3) is 60.3 Å². The molecule has 366 valence electrons. The van der Waals surface area contributed by atoms with E-state index in [0.29, 0.717) is 0 Å². The van der Waals surface area contributed by atoms with Crippen molar-refractivity contribution in [3.63, 3.8) is 0 Å². The molecule has 73 heavy (non-hydrogen) atoms. The molecule has 3 aromatic heterocycles. The van der Waals surface area contributed by atoms with E-state index in [-0.39, 0.29) is 27.1 Å². The van der Waals surface area contributed by atoms with Gasteiger partial charge in [-0.1, -0.05) is 176 Å². The Hall–Kier alpha value is -7.30. The second-order valence-corrected chi connectivity index (χ2v) is 25.6. The Morgan fingerprint density at radius 2 is 0.836 bits per heavy atom. The van der Waals surface area contributed by atoms with Crippen LogP contribution in [-0.4, -0.2) is 4.40 Å². The average Bonchev–Trinajstić information content (AvgIpc) is 4.09. The van der Waals surface area contributed by atoms with Gasteiger partial charge < -0.3 is 14.2 Å². The average molecular weight is 956 g/mol. The van der Waals surface area contributed by atoms with Gasteiger partial charge in [-0.3, -0.25) is 4.40 Å². The summed E-state index contributed by atoms with van der Waals surface area (Å²) in [5, 5.41) is 7.33. The molecule has 1 aliphatic rings. The molecule has 1 aliphatic carbocycles. The fourth-order valence-corrected chi connectivity index (χ4v) is 11.9. The molecule has 0 aliphatic heterocycles. The van der Waals surface area contributed by atoms with Crippen molar-refractivity contribution < 1.29 is 4.42 Å². The third-order valence-electron chi connectivity index (χ3n) is 16.1. The smallest absolute Gasteiger partial charge is 0.213 e. The van der Waals surface area contributed by atoms with Crippen molar-refractivity contribution in [2.45, 2.75) is 124 Å². The summed E-state index contributed by atoms with van der Waals surface area (Å²) in [5.41, 5.74) is 20.0.